The standard InChI is InChI=1S/C13H20S/c1-9(2)12-6-7-13(11(5)8-12)14-10(3)4/h6-10H,1-5H3. The van der Waals surface area contributed by atoms with E-state index in [1.165, 1.54) is 16.0 Å². The van der Waals surface area contributed by atoms with Gasteiger partial charge in [-0.25, -0.2) is 0 Å². The lowest BCUT2D eigenvalue weighted by molar-refractivity contribution is 0.862. The quantitative estimate of drug-likeness (QED) is 0.653. The molecule has 1 heteroatoms. The number of hydrogen-bond acceptors (Lipinski definition) is 1. The van der Waals surface area contributed by atoms with E-state index in [4.69, 9.17) is 0 Å². The summed E-state index contributed by atoms with van der Waals surface area (Å²) in [5.41, 5.74) is 2.85. The van der Waals surface area contributed by atoms with Crippen molar-refractivity contribution in [2.45, 2.75) is 50.7 Å². The highest BCUT2D eigenvalue weighted by Crippen LogP contribution is 2.28. The summed E-state index contributed by atoms with van der Waals surface area (Å²) >= 11 is 1.95. The minimum absolute atomic E-state index is 0.631. The Bertz CT molecular complexity index is 300. The molecule has 1 aromatic rings. The summed E-state index contributed by atoms with van der Waals surface area (Å²) < 4.78 is 0. The van der Waals surface area contributed by atoms with Gasteiger partial charge in [0.05, 0.1) is 0 Å². The number of aryl methyl sites for hydroxylation is 1. The van der Waals surface area contributed by atoms with Crippen LogP contribution in [0.1, 0.15) is 44.7 Å². The van der Waals surface area contributed by atoms with Crippen molar-refractivity contribution in [2.75, 3.05) is 0 Å². The lowest BCUT2D eigenvalue weighted by Crippen LogP contribution is -1.92. The minimum atomic E-state index is 0.631. The van der Waals surface area contributed by atoms with E-state index in [0.29, 0.717) is 11.2 Å². The zero-order valence-electron chi connectivity index (χ0n) is 9.79. The number of benzene rings is 1. The Morgan fingerprint density at radius 2 is 1.71 bits per heavy atom. The van der Waals surface area contributed by atoms with Gasteiger partial charge in [-0.3, -0.25) is 0 Å². The molecule has 78 valence electrons. The highest BCUT2D eigenvalue weighted by atomic mass is 32.2. The summed E-state index contributed by atoms with van der Waals surface area (Å²) in [7, 11) is 0. The summed E-state index contributed by atoms with van der Waals surface area (Å²) in [5.74, 6) is 0.631. The molecular formula is C13H20S. The molecule has 0 aliphatic heterocycles. The molecule has 0 aliphatic carbocycles. The molecule has 1 aromatic carbocycles. The fraction of sp³-hybridized carbons (Fsp3) is 0.538. The van der Waals surface area contributed by atoms with Gasteiger partial charge in [-0.05, 0) is 30.0 Å². The van der Waals surface area contributed by atoms with Crippen LogP contribution in [0.2, 0.25) is 0 Å². The summed E-state index contributed by atoms with van der Waals surface area (Å²) in [5, 5.41) is 0.665. The van der Waals surface area contributed by atoms with Gasteiger partial charge < -0.3 is 0 Å². The van der Waals surface area contributed by atoms with Gasteiger partial charge in [0.2, 0.25) is 0 Å². The van der Waals surface area contributed by atoms with Crippen LogP contribution in [0, 0.1) is 6.92 Å². The molecule has 0 fully saturated rings. The maximum Gasteiger partial charge on any atom is 0.0104 e. The second-order valence-electron chi connectivity index (χ2n) is 4.35. The highest BCUT2D eigenvalue weighted by molar-refractivity contribution is 8.00. The Morgan fingerprint density at radius 3 is 2.14 bits per heavy atom. The van der Waals surface area contributed by atoms with E-state index < -0.39 is 0 Å². The molecule has 0 saturated heterocycles. The maximum atomic E-state index is 2.31. The Morgan fingerprint density at radius 1 is 1.07 bits per heavy atom. The summed E-state index contributed by atoms with van der Waals surface area (Å²) in [4.78, 5) is 1.42. The number of hydrogen-bond donors (Lipinski definition) is 0. The molecule has 0 heterocycles. The van der Waals surface area contributed by atoms with Crippen molar-refractivity contribution < 1.29 is 0 Å². The van der Waals surface area contributed by atoms with Gasteiger partial charge in [-0.15, -0.1) is 11.8 Å². The molecule has 1 rings (SSSR count). The van der Waals surface area contributed by atoms with Crippen molar-refractivity contribution in [1.82, 2.24) is 0 Å². The van der Waals surface area contributed by atoms with E-state index in [1.807, 2.05) is 11.8 Å². The summed E-state index contributed by atoms with van der Waals surface area (Å²) in [6.07, 6.45) is 0. The zero-order valence-corrected chi connectivity index (χ0v) is 10.6. The van der Waals surface area contributed by atoms with Gasteiger partial charge in [-0.1, -0.05) is 39.8 Å². The molecule has 0 spiro atoms. The molecule has 0 unspecified atom stereocenters. The van der Waals surface area contributed by atoms with Gasteiger partial charge in [0.1, 0.15) is 0 Å². The molecule has 0 N–H and O–H groups in total. The predicted molar refractivity (Wildman–Crippen MR) is 66.3 cm³/mol. The minimum Gasteiger partial charge on any atom is -0.123 e. The van der Waals surface area contributed by atoms with Gasteiger partial charge in [0.25, 0.3) is 0 Å². The molecule has 0 nitrogen and oxygen atoms in total. The Hall–Kier alpha value is -0.430. The van der Waals surface area contributed by atoms with Gasteiger partial charge in [-0.2, -0.15) is 0 Å². The summed E-state index contributed by atoms with van der Waals surface area (Å²) in [6, 6.07) is 6.83. The third-order valence-electron chi connectivity index (χ3n) is 2.23. The normalized spacial score (nSPS) is 11.4. The van der Waals surface area contributed by atoms with E-state index in [0.717, 1.165) is 0 Å². The van der Waals surface area contributed by atoms with Crippen LogP contribution in [0.25, 0.3) is 0 Å². The zero-order chi connectivity index (χ0) is 10.7. The first-order valence-electron chi connectivity index (χ1n) is 5.28. The van der Waals surface area contributed by atoms with Crippen molar-refractivity contribution in [2.24, 2.45) is 0 Å². The van der Waals surface area contributed by atoms with Crippen molar-refractivity contribution >= 4 is 11.8 Å². The molecule has 0 amide bonds. The first kappa shape index (κ1) is 11.6. The molecular weight excluding hydrogens is 188 g/mol. The van der Waals surface area contributed by atoms with Crippen LogP contribution in [0.3, 0.4) is 0 Å². The lowest BCUT2D eigenvalue weighted by atomic mass is 10.0. The number of thioether (sulfide) groups is 1. The van der Waals surface area contributed by atoms with Gasteiger partial charge >= 0.3 is 0 Å². The molecule has 0 atom stereocenters. The summed E-state index contributed by atoms with van der Waals surface area (Å²) in [6.45, 7) is 11.2. The van der Waals surface area contributed by atoms with Crippen LogP contribution in [0.4, 0.5) is 0 Å². The first-order valence-corrected chi connectivity index (χ1v) is 6.16. The van der Waals surface area contributed by atoms with Crippen LogP contribution >= 0.6 is 11.8 Å². The fourth-order valence-corrected chi connectivity index (χ4v) is 2.32. The third kappa shape index (κ3) is 3.06. The molecule has 0 radical (unpaired) electrons. The van der Waals surface area contributed by atoms with Crippen LogP contribution in [-0.4, -0.2) is 5.25 Å². The molecule has 0 aromatic heterocycles. The van der Waals surface area contributed by atoms with Crippen molar-refractivity contribution in [3.8, 4) is 0 Å². The van der Waals surface area contributed by atoms with Crippen LogP contribution in [0.15, 0.2) is 23.1 Å². The van der Waals surface area contributed by atoms with Crippen LogP contribution in [-0.2, 0) is 0 Å². The second-order valence-corrected chi connectivity index (χ2v) is 5.96. The number of rotatable bonds is 3. The molecule has 0 aliphatic rings. The Balaban J connectivity index is 2.90. The van der Waals surface area contributed by atoms with Gasteiger partial charge in [0.15, 0.2) is 0 Å². The predicted octanol–water partition coefficient (Wildman–Crippen LogP) is 4.62. The maximum absolute atomic E-state index is 2.31. The molecule has 0 saturated carbocycles. The topological polar surface area (TPSA) is 0 Å². The molecule has 0 bridgehead atoms. The Labute approximate surface area is 92.1 Å². The lowest BCUT2D eigenvalue weighted by Gasteiger charge is -2.11. The fourth-order valence-electron chi connectivity index (χ4n) is 1.42. The van der Waals surface area contributed by atoms with Crippen molar-refractivity contribution in [3.63, 3.8) is 0 Å². The van der Waals surface area contributed by atoms with Crippen LogP contribution in [0.5, 0.6) is 0 Å². The average Bonchev–Trinajstić information content (AvgIpc) is 2.07. The molecule has 14 heavy (non-hydrogen) atoms. The monoisotopic (exact) mass is 208 g/mol. The average molecular weight is 208 g/mol. The van der Waals surface area contributed by atoms with Crippen molar-refractivity contribution in [3.05, 3.63) is 29.3 Å². The van der Waals surface area contributed by atoms with E-state index >= 15 is 0 Å². The smallest absolute Gasteiger partial charge is 0.0104 e. The Kier molecular flexibility index (Phi) is 4.06. The largest absolute Gasteiger partial charge is 0.123 e. The van der Waals surface area contributed by atoms with Crippen LogP contribution < -0.4 is 0 Å². The SMILES string of the molecule is Cc1cc(C(C)C)ccc1SC(C)C. The first-order chi connectivity index (χ1) is 6.50. The van der Waals surface area contributed by atoms with E-state index in [2.05, 4.69) is 52.8 Å². The van der Waals surface area contributed by atoms with Gasteiger partial charge in [0, 0.05) is 10.1 Å². The second kappa shape index (κ2) is 4.88. The highest BCUT2D eigenvalue weighted by Gasteiger charge is 2.05. The third-order valence-corrected chi connectivity index (χ3v) is 3.41. The van der Waals surface area contributed by atoms with Crippen molar-refractivity contribution in [1.29, 1.82) is 0 Å². The van der Waals surface area contributed by atoms with E-state index in [1.54, 1.807) is 0 Å². The van der Waals surface area contributed by atoms with E-state index in [9.17, 15) is 0 Å². The van der Waals surface area contributed by atoms with E-state index in [-0.39, 0.29) is 0 Å².